The fourth-order valence-corrected chi connectivity index (χ4v) is 3.63. The maximum Gasteiger partial charge on any atom is 0.295 e. The molecule has 1 aromatic heterocycles. The van der Waals surface area contributed by atoms with E-state index in [4.69, 9.17) is 0 Å². The summed E-state index contributed by atoms with van der Waals surface area (Å²) < 4.78 is 0. The molecule has 0 atom stereocenters. The smallest absolute Gasteiger partial charge is 0.295 e. The Kier molecular flexibility index (Phi) is 4.69. The van der Waals surface area contributed by atoms with Gasteiger partial charge >= 0.3 is 0 Å². The zero-order valence-electron chi connectivity index (χ0n) is 15.6. The average molecular weight is 375 g/mol. The number of H-pyrrole nitrogens is 1. The lowest BCUT2D eigenvalue weighted by Gasteiger charge is -2.34. The molecule has 1 aliphatic heterocycles. The summed E-state index contributed by atoms with van der Waals surface area (Å²) in [5.41, 5.74) is 2.92. The highest BCUT2D eigenvalue weighted by atomic mass is 16.2. The molecular weight excluding hydrogens is 354 g/mol. The number of nitrogens with zero attached hydrogens (tertiary/aromatic N) is 2. The van der Waals surface area contributed by atoms with E-state index in [0.717, 1.165) is 16.5 Å². The van der Waals surface area contributed by atoms with Gasteiger partial charge in [-0.05, 0) is 24.6 Å². The molecule has 1 saturated heterocycles. The van der Waals surface area contributed by atoms with Crippen molar-refractivity contribution in [3.63, 3.8) is 0 Å². The van der Waals surface area contributed by atoms with Crippen molar-refractivity contribution in [3.8, 4) is 0 Å². The van der Waals surface area contributed by atoms with E-state index in [1.807, 2.05) is 43.3 Å². The Balaban J connectivity index is 1.44. The molecule has 1 fully saturated rings. The van der Waals surface area contributed by atoms with Gasteiger partial charge in [-0.15, -0.1) is 0 Å². The van der Waals surface area contributed by atoms with Gasteiger partial charge in [-0.25, -0.2) is 0 Å². The van der Waals surface area contributed by atoms with Crippen molar-refractivity contribution in [3.05, 3.63) is 71.4 Å². The number of benzene rings is 2. The number of carbonyl (C=O) groups excluding carboxylic acids is 3. The maximum absolute atomic E-state index is 12.8. The van der Waals surface area contributed by atoms with Gasteiger partial charge < -0.3 is 14.8 Å². The molecule has 0 radical (unpaired) electrons. The summed E-state index contributed by atoms with van der Waals surface area (Å²) in [4.78, 5) is 44.4. The topological polar surface area (TPSA) is 73.5 Å². The third-order valence-corrected chi connectivity index (χ3v) is 5.24. The number of Topliss-reactive ketones (excluding diaryl/α,β-unsaturated/α-hetero) is 1. The zero-order valence-corrected chi connectivity index (χ0v) is 15.6. The molecule has 4 rings (SSSR count). The first kappa shape index (κ1) is 18.0. The van der Waals surface area contributed by atoms with Crippen LogP contribution in [0.3, 0.4) is 0 Å². The molecule has 2 aromatic carbocycles. The Morgan fingerprint density at radius 3 is 2.25 bits per heavy atom. The molecule has 6 nitrogen and oxygen atoms in total. The second kappa shape index (κ2) is 7.31. The van der Waals surface area contributed by atoms with Gasteiger partial charge in [0, 0.05) is 48.8 Å². The van der Waals surface area contributed by atoms with E-state index >= 15 is 0 Å². The second-order valence-electron chi connectivity index (χ2n) is 6.98. The van der Waals surface area contributed by atoms with E-state index in [1.165, 1.54) is 4.90 Å². The van der Waals surface area contributed by atoms with Gasteiger partial charge in [0.25, 0.3) is 17.6 Å². The predicted molar refractivity (Wildman–Crippen MR) is 106 cm³/mol. The monoisotopic (exact) mass is 375 g/mol. The van der Waals surface area contributed by atoms with Crippen molar-refractivity contribution in [2.45, 2.75) is 6.92 Å². The van der Waals surface area contributed by atoms with Crippen LogP contribution in [0.15, 0.2) is 54.7 Å². The van der Waals surface area contributed by atoms with Crippen molar-refractivity contribution in [1.82, 2.24) is 14.8 Å². The molecular formula is C22H21N3O3. The molecule has 1 N–H and O–H groups in total. The third-order valence-electron chi connectivity index (χ3n) is 5.24. The van der Waals surface area contributed by atoms with Crippen molar-refractivity contribution >= 4 is 28.5 Å². The first-order chi connectivity index (χ1) is 13.6. The van der Waals surface area contributed by atoms with Gasteiger partial charge in [-0.2, -0.15) is 0 Å². The van der Waals surface area contributed by atoms with E-state index < -0.39 is 11.7 Å². The number of hydrogen-bond donors (Lipinski definition) is 1. The molecule has 0 spiro atoms. The summed E-state index contributed by atoms with van der Waals surface area (Å²) in [6, 6.07) is 14.8. The molecule has 0 saturated carbocycles. The zero-order chi connectivity index (χ0) is 19.7. The van der Waals surface area contributed by atoms with Crippen LogP contribution >= 0.6 is 0 Å². The number of hydrogen-bond acceptors (Lipinski definition) is 3. The van der Waals surface area contributed by atoms with Crippen LogP contribution in [-0.4, -0.2) is 58.6 Å². The predicted octanol–water partition coefficient (Wildman–Crippen LogP) is 2.64. The highest BCUT2D eigenvalue weighted by molar-refractivity contribution is 6.44. The van der Waals surface area contributed by atoms with E-state index in [2.05, 4.69) is 4.98 Å². The Bertz CT molecular complexity index is 1050. The van der Waals surface area contributed by atoms with Crippen LogP contribution in [0.25, 0.3) is 10.9 Å². The van der Waals surface area contributed by atoms with Crippen molar-refractivity contribution < 1.29 is 14.4 Å². The highest BCUT2D eigenvalue weighted by Crippen LogP contribution is 2.22. The molecule has 0 bridgehead atoms. The molecule has 0 aliphatic carbocycles. The lowest BCUT2D eigenvalue weighted by atomic mass is 10.1. The minimum Gasteiger partial charge on any atom is -0.360 e. The third kappa shape index (κ3) is 3.17. The van der Waals surface area contributed by atoms with E-state index in [1.54, 1.807) is 23.2 Å². The van der Waals surface area contributed by atoms with Crippen LogP contribution in [0.2, 0.25) is 0 Å². The van der Waals surface area contributed by atoms with Crippen LogP contribution in [0.5, 0.6) is 0 Å². The Hall–Kier alpha value is -3.41. The molecule has 1 aliphatic rings. The number of aryl methyl sites for hydroxylation is 1. The number of carbonyl (C=O) groups is 3. The van der Waals surface area contributed by atoms with Crippen LogP contribution in [-0.2, 0) is 4.79 Å². The first-order valence-electron chi connectivity index (χ1n) is 9.31. The van der Waals surface area contributed by atoms with Gasteiger partial charge in [0.2, 0.25) is 0 Å². The normalized spacial score (nSPS) is 14.3. The number of piperazine rings is 1. The molecule has 142 valence electrons. The van der Waals surface area contributed by atoms with Gasteiger partial charge in [0.1, 0.15) is 0 Å². The van der Waals surface area contributed by atoms with Crippen LogP contribution in [0.1, 0.15) is 26.3 Å². The number of rotatable bonds is 3. The van der Waals surface area contributed by atoms with Crippen LogP contribution in [0, 0.1) is 6.92 Å². The summed E-state index contributed by atoms with van der Waals surface area (Å²) in [5, 5.41) is 0.760. The number of aromatic amines is 1. The molecule has 6 heteroatoms. The largest absolute Gasteiger partial charge is 0.360 e. The van der Waals surface area contributed by atoms with Gasteiger partial charge in [-0.3, -0.25) is 14.4 Å². The first-order valence-corrected chi connectivity index (χ1v) is 9.31. The van der Waals surface area contributed by atoms with E-state index in [9.17, 15) is 14.4 Å². The fraction of sp³-hybridized carbons (Fsp3) is 0.227. The molecule has 2 heterocycles. The van der Waals surface area contributed by atoms with Gasteiger partial charge in [0.05, 0.1) is 5.56 Å². The number of amides is 2. The minimum atomic E-state index is -0.519. The Morgan fingerprint density at radius 1 is 0.857 bits per heavy atom. The molecule has 0 unspecified atom stereocenters. The summed E-state index contributed by atoms with van der Waals surface area (Å²) in [6.07, 6.45) is 1.60. The molecule has 3 aromatic rings. The number of para-hydroxylation sites is 1. The van der Waals surface area contributed by atoms with Gasteiger partial charge in [-0.1, -0.05) is 36.4 Å². The highest BCUT2D eigenvalue weighted by Gasteiger charge is 2.30. The second-order valence-corrected chi connectivity index (χ2v) is 6.98. The lowest BCUT2D eigenvalue weighted by molar-refractivity contribution is -0.127. The average Bonchev–Trinajstić information content (AvgIpc) is 3.18. The van der Waals surface area contributed by atoms with E-state index in [0.29, 0.717) is 37.3 Å². The maximum atomic E-state index is 12.8. The van der Waals surface area contributed by atoms with Crippen molar-refractivity contribution in [1.29, 1.82) is 0 Å². The summed E-state index contributed by atoms with van der Waals surface area (Å²) in [5.74, 6) is -1.08. The summed E-state index contributed by atoms with van der Waals surface area (Å²) in [7, 11) is 0. The lowest BCUT2D eigenvalue weighted by Crippen LogP contribution is -2.52. The quantitative estimate of drug-likeness (QED) is 0.565. The summed E-state index contributed by atoms with van der Waals surface area (Å²) >= 11 is 0. The molecule has 28 heavy (non-hydrogen) atoms. The number of ketones is 1. The minimum absolute atomic E-state index is 0.0499. The summed E-state index contributed by atoms with van der Waals surface area (Å²) in [6.45, 7) is 3.49. The van der Waals surface area contributed by atoms with Crippen molar-refractivity contribution in [2.24, 2.45) is 0 Å². The molecule has 2 amide bonds. The SMILES string of the molecule is Cc1cccc2c(C(=O)C(=O)N3CCN(C(=O)c4ccccc4)CC3)c[nH]c12. The Morgan fingerprint density at radius 2 is 1.54 bits per heavy atom. The standard InChI is InChI=1S/C22H21N3O3/c1-15-6-5-9-17-18(14-23-19(15)17)20(26)22(28)25-12-10-24(11-13-25)21(27)16-7-3-2-4-8-16/h2-9,14,23H,10-13H2,1H3. The number of fused-ring (bicyclic) bond motifs is 1. The number of nitrogens with one attached hydrogen (secondary N) is 1. The Labute approximate surface area is 162 Å². The van der Waals surface area contributed by atoms with Crippen LogP contribution in [0.4, 0.5) is 0 Å². The van der Waals surface area contributed by atoms with Crippen molar-refractivity contribution in [2.75, 3.05) is 26.2 Å². The fourth-order valence-electron chi connectivity index (χ4n) is 3.63. The van der Waals surface area contributed by atoms with Gasteiger partial charge in [0.15, 0.2) is 0 Å². The number of aromatic nitrogens is 1. The van der Waals surface area contributed by atoms with E-state index in [-0.39, 0.29) is 5.91 Å². The van der Waals surface area contributed by atoms with Crippen LogP contribution < -0.4 is 0 Å².